The Bertz CT molecular complexity index is 2280. The van der Waals surface area contributed by atoms with Gasteiger partial charge in [0.15, 0.2) is 24.0 Å². The topological polar surface area (TPSA) is 267 Å². The average molecular weight is 1150 g/mol. The third-order valence-electron chi connectivity index (χ3n) is 21.6. The molecule has 7 aliphatic rings. The van der Waals surface area contributed by atoms with Gasteiger partial charge in [-0.05, 0) is 155 Å². The van der Waals surface area contributed by atoms with Crippen molar-refractivity contribution in [1.29, 1.82) is 0 Å². The lowest BCUT2D eigenvalue weighted by Crippen LogP contribution is -2.65. The van der Waals surface area contributed by atoms with Crippen molar-refractivity contribution >= 4 is 17.7 Å². The number of halogens is 1. The summed E-state index contributed by atoms with van der Waals surface area (Å²) in [6.07, 6.45) is -6.13. The van der Waals surface area contributed by atoms with Gasteiger partial charge in [0.25, 0.3) is 5.91 Å². The maximum Gasteiger partial charge on any atom is 0.311 e. The van der Waals surface area contributed by atoms with Crippen LogP contribution < -0.4 is 5.32 Å². The number of amides is 1. The van der Waals surface area contributed by atoms with Gasteiger partial charge in [-0.2, -0.15) is 0 Å². The molecule has 19 nitrogen and oxygen atoms in total. The molecule has 6 fully saturated rings. The molecular weight excluding hydrogens is 1050 g/mol. The van der Waals surface area contributed by atoms with Gasteiger partial charge < -0.3 is 74.4 Å². The SMILES string of the molecule is CC[C@H]1OC(=O)[C@H](C)[C@@H](OC2C[C@](C)(OC)[C@H](O)[C@@H](C)O2)[C@H](C)[C@@H](O[C@@H]2O[C@H](C)C[C@@H](N(C)C)[C@H]2O)[C@@](O)(CC)CCCN(CCCNC(=O)[C@@]2(O)[C@H](C)CC3C4C[C@H](F)C5=CC(=O)C=C[C@]5(C)C4[C@@H](O)C[C@@]32C)[C@H](C)[C@@H](O)[C@]1(C)O. The number of aliphatic hydroxyl groups is 7. The Hall–Kier alpha value is -2.54. The smallest absolute Gasteiger partial charge is 0.311 e. The summed E-state index contributed by atoms with van der Waals surface area (Å²) < 4.78 is 54.5. The van der Waals surface area contributed by atoms with E-state index in [1.54, 1.807) is 47.6 Å². The molecule has 0 aromatic carbocycles. The molecule has 0 bridgehead atoms. The number of hydrogen-bond acceptors (Lipinski definition) is 18. The van der Waals surface area contributed by atoms with Crippen LogP contribution in [0.5, 0.6) is 0 Å². The number of methoxy groups -OCH3 is 1. The maximum absolute atomic E-state index is 16.2. The molecule has 7 rings (SSSR count). The van der Waals surface area contributed by atoms with Crippen LogP contribution in [-0.4, -0.2) is 212 Å². The average Bonchev–Trinajstić information content (AvgIpc) is 3.78. The summed E-state index contributed by atoms with van der Waals surface area (Å²) in [6.45, 7) is 21.7. The molecule has 0 aromatic heterocycles. The van der Waals surface area contributed by atoms with E-state index in [4.69, 9.17) is 28.4 Å². The summed E-state index contributed by atoms with van der Waals surface area (Å²) in [5.74, 6) is -5.22. The quantitative estimate of drug-likeness (QED) is 0.0952. The highest BCUT2D eigenvalue weighted by Crippen LogP contribution is 2.68. The van der Waals surface area contributed by atoms with Gasteiger partial charge in [0, 0.05) is 61.4 Å². The number of carbonyl (C=O) groups excluding carboxylic acids is 3. The van der Waals surface area contributed by atoms with E-state index < -0.39 is 142 Å². The Morgan fingerprint density at radius 3 is 2.23 bits per heavy atom. The number of esters is 1. The number of nitrogens with one attached hydrogen (secondary N) is 1. The molecule has 4 aliphatic carbocycles. The Balaban J connectivity index is 1.15. The molecule has 3 aliphatic heterocycles. The van der Waals surface area contributed by atoms with Gasteiger partial charge in [-0.3, -0.25) is 19.3 Å². The summed E-state index contributed by atoms with van der Waals surface area (Å²) in [5.41, 5.74) is -8.31. The van der Waals surface area contributed by atoms with Crippen LogP contribution in [0.4, 0.5) is 4.39 Å². The Labute approximate surface area is 480 Å². The molecule has 0 aromatic rings. The zero-order valence-electron chi connectivity index (χ0n) is 51.0. The monoisotopic (exact) mass is 1150 g/mol. The van der Waals surface area contributed by atoms with Crippen LogP contribution in [0.15, 0.2) is 23.8 Å². The van der Waals surface area contributed by atoms with Crippen molar-refractivity contribution < 1.29 is 82.9 Å². The molecule has 3 saturated carbocycles. The van der Waals surface area contributed by atoms with E-state index in [9.17, 15) is 50.1 Å². The number of ether oxygens (including phenoxy) is 6. The first-order valence-electron chi connectivity index (χ1n) is 30.3. The van der Waals surface area contributed by atoms with E-state index in [0.29, 0.717) is 31.3 Å². The molecule has 0 radical (unpaired) electrons. The molecule has 81 heavy (non-hydrogen) atoms. The number of aliphatic hydroxyl groups excluding tert-OH is 4. The molecular formula is C61H102FN3O16. The van der Waals surface area contributed by atoms with Gasteiger partial charge in [0.2, 0.25) is 0 Å². The van der Waals surface area contributed by atoms with Crippen molar-refractivity contribution in [1.82, 2.24) is 15.1 Å². The summed E-state index contributed by atoms with van der Waals surface area (Å²) in [6, 6.07) is -1.14. The molecule has 3 heterocycles. The molecule has 3 saturated heterocycles. The normalized spacial score (nSPS) is 49.4. The molecule has 8 N–H and O–H groups in total. The largest absolute Gasteiger partial charge is 0.459 e. The van der Waals surface area contributed by atoms with E-state index in [1.807, 2.05) is 58.5 Å². The van der Waals surface area contributed by atoms with Crippen LogP contribution in [0.2, 0.25) is 0 Å². The first-order valence-corrected chi connectivity index (χ1v) is 30.3. The first-order chi connectivity index (χ1) is 37.7. The zero-order chi connectivity index (χ0) is 60.3. The fraction of sp³-hybridized carbons (Fsp3) is 0.885. The van der Waals surface area contributed by atoms with Gasteiger partial charge in [-0.25, -0.2) is 4.39 Å². The third-order valence-corrected chi connectivity index (χ3v) is 21.6. The fourth-order valence-electron chi connectivity index (χ4n) is 16.5. The number of cyclic esters (lactones) is 1. The second kappa shape index (κ2) is 25.0. The van der Waals surface area contributed by atoms with Gasteiger partial charge in [-0.1, -0.05) is 47.6 Å². The van der Waals surface area contributed by atoms with Gasteiger partial charge >= 0.3 is 5.97 Å². The molecule has 4 unspecified atom stereocenters. The van der Waals surface area contributed by atoms with Crippen molar-refractivity contribution in [2.75, 3.05) is 40.8 Å². The Morgan fingerprint density at radius 1 is 0.926 bits per heavy atom. The second-order valence-corrected chi connectivity index (χ2v) is 27.0. The number of rotatable bonds is 13. The summed E-state index contributed by atoms with van der Waals surface area (Å²) in [7, 11) is 5.22. The number of ketones is 1. The number of alkyl halides is 1. The van der Waals surface area contributed by atoms with Crippen LogP contribution in [-0.2, 0) is 42.8 Å². The molecule has 26 atom stereocenters. The van der Waals surface area contributed by atoms with Gasteiger partial charge in [0.05, 0.1) is 47.6 Å². The van der Waals surface area contributed by atoms with E-state index >= 15 is 4.39 Å². The van der Waals surface area contributed by atoms with E-state index in [2.05, 4.69) is 5.32 Å². The lowest BCUT2D eigenvalue weighted by Gasteiger charge is -2.60. The van der Waals surface area contributed by atoms with Crippen LogP contribution in [0.3, 0.4) is 0 Å². The summed E-state index contributed by atoms with van der Waals surface area (Å²) in [5, 5.41) is 88.6. The first kappa shape index (κ1) is 66.0. The minimum Gasteiger partial charge on any atom is -0.459 e. The predicted octanol–water partition coefficient (Wildman–Crippen LogP) is 4.13. The fourth-order valence-corrected chi connectivity index (χ4v) is 16.5. The van der Waals surface area contributed by atoms with Crippen molar-refractivity contribution in [3.05, 3.63) is 23.8 Å². The Kier molecular flexibility index (Phi) is 20.4. The highest BCUT2D eigenvalue weighted by Gasteiger charge is 2.71. The lowest BCUT2D eigenvalue weighted by atomic mass is 9.46. The molecule has 0 spiro atoms. The Morgan fingerprint density at radius 2 is 1.60 bits per heavy atom. The van der Waals surface area contributed by atoms with E-state index in [1.165, 1.54) is 26.2 Å². The van der Waals surface area contributed by atoms with Crippen LogP contribution >= 0.6 is 0 Å². The van der Waals surface area contributed by atoms with Gasteiger partial charge in [0.1, 0.15) is 36.2 Å². The lowest BCUT2D eigenvalue weighted by molar-refractivity contribution is -0.319. The highest BCUT2D eigenvalue weighted by atomic mass is 19.1. The number of carbonyl (C=O) groups is 3. The van der Waals surface area contributed by atoms with Crippen molar-refractivity contribution in [2.45, 2.75) is 255 Å². The number of likely N-dealkylation sites (N-methyl/N-ethyl adjacent to an activating group) is 1. The third kappa shape index (κ3) is 12.2. The van der Waals surface area contributed by atoms with Crippen LogP contribution in [0.1, 0.15) is 147 Å². The molecule has 1 amide bonds. The predicted molar refractivity (Wildman–Crippen MR) is 299 cm³/mol. The minimum absolute atomic E-state index is 0.0702. The number of allylic oxidation sites excluding steroid dienone is 4. The van der Waals surface area contributed by atoms with Crippen molar-refractivity contribution in [3.63, 3.8) is 0 Å². The zero-order valence-corrected chi connectivity index (χ0v) is 51.0. The van der Waals surface area contributed by atoms with Crippen molar-refractivity contribution in [2.24, 2.45) is 46.3 Å². The van der Waals surface area contributed by atoms with Crippen LogP contribution in [0.25, 0.3) is 0 Å². The second-order valence-electron chi connectivity index (χ2n) is 27.0. The maximum atomic E-state index is 16.2. The molecule has 20 heteroatoms. The highest BCUT2D eigenvalue weighted by molar-refractivity contribution is 6.01. The van der Waals surface area contributed by atoms with E-state index in [-0.39, 0.29) is 87.9 Å². The minimum atomic E-state index is -2.00. The number of nitrogens with zero attached hydrogens (tertiary/aromatic N) is 2. The molecule has 464 valence electrons. The van der Waals surface area contributed by atoms with Crippen LogP contribution in [0, 0.1) is 46.3 Å². The summed E-state index contributed by atoms with van der Waals surface area (Å²) >= 11 is 0. The van der Waals surface area contributed by atoms with Gasteiger partial charge in [-0.15, -0.1) is 0 Å². The van der Waals surface area contributed by atoms with E-state index in [0.717, 1.165) is 0 Å². The number of fused-ring (bicyclic) bond motifs is 5. The standard InChI is InChI=1S/C61H102FN3O16/c1-16-45-59(12,73)50(69)36(7)65(25-19-23-63-55(72)61(75)32(3)26-40-39-29-42(62)41-28-38(66)20-22-56(41,9)47(39)44(67)30-57(40,61)10)24-18-21-60(74,17-2)52(81-54-48(68)43(64(13)14)27-33(4)77-54)34(5)49(35(6)53(71)79-45)80-46-31-58(11,76-15)51(70)37(8)78-46/h20,22,28,32-37,39-40,42-52,54,67-70,73-75H,16-19,21,23-27,29-31H2,1-15H3,(H,63,72)/t32-,33-,34+,35-,36-,37-,39?,40?,42+,43-,44+,45-,46?,47?,48-,49+,50-,51-,52-,54+,56+,57+,58+,59-,60-,61+/m1/s1. The van der Waals surface area contributed by atoms with Crippen molar-refractivity contribution in [3.8, 4) is 0 Å². The summed E-state index contributed by atoms with van der Waals surface area (Å²) in [4.78, 5) is 45.6. The number of hydrogen-bond donors (Lipinski definition) is 8.